The van der Waals surface area contributed by atoms with Crippen molar-refractivity contribution in [3.63, 3.8) is 0 Å². The Balaban J connectivity index is 1.57. The number of amides is 4. The minimum absolute atomic E-state index is 0.0288. The van der Waals surface area contributed by atoms with Gasteiger partial charge in [-0.2, -0.15) is 0 Å². The first-order chi connectivity index (χ1) is 11.6. The SMILES string of the molecule is CCN(Cc1cccs1)C(=O)CCN1C(=O)NC2(CCCC2)C1=O. The molecule has 24 heavy (non-hydrogen) atoms. The van der Waals surface area contributed by atoms with Gasteiger partial charge in [0.25, 0.3) is 5.91 Å². The lowest BCUT2D eigenvalue weighted by Gasteiger charge is -2.22. The molecule has 7 heteroatoms. The highest BCUT2D eigenvalue weighted by Gasteiger charge is 2.52. The number of hydrogen-bond acceptors (Lipinski definition) is 4. The van der Waals surface area contributed by atoms with E-state index in [1.807, 2.05) is 24.4 Å². The lowest BCUT2D eigenvalue weighted by atomic mass is 9.98. The fourth-order valence-corrected chi connectivity index (χ4v) is 4.25. The topological polar surface area (TPSA) is 69.7 Å². The van der Waals surface area contributed by atoms with Gasteiger partial charge in [0.1, 0.15) is 5.54 Å². The van der Waals surface area contributed by atoms with Crippen LogP contribution in [0.1, 0.15) is 43.9 Å². The second-order valence-corrected chi connectivity index (χ2v) is 7.45. The Morgan fingerprint density at radius 1 is 1.38 bits per heavy atom. The monoisotopic (exact) mass is 349 g/mol. The van der Waals surface area contributed by atoms with Gasteiger partial charge in [0.05, 0.1) is 6.54 Å². The van der Waals surface area contributed by atoms with Gasteiger partial charge < -0.3 is 10.2 Å². The molecule has 0 aromatic carbocycles. The zero-order valence-electron chi connectivity index (χ0n) is 13.9. The van der Waals surface area contributed by atoms with E-state index in [9.17, 15) is 14.4 Å². The molecule has 0 atom stereocenters. The minimum Gasteiger partial charge on any atom is -0.338 e. The molecule has 3 rings (SSSR count). The summed E-state index contributed by atoms with van der Waals surface area (Å²) in [6.45, 7) is 3.29. The molecular weight excluding hydrogens is 326 g/mol. The third-order valence-corrected chi connectivity index (χ3v) is 5.77. The van der Waals surface area contributed by atoms with Crippen LogP contribution in [0.15, 0.2) is 17.5 Å². The number of thiophene rings is 1. The number of urea groups is 1. The predicted octanol–water partition coefficient (Wildman–Crippen LogP) is 2.35. The Morgan fingerprint density at radius 3 is 2.75 bits per heavy atom. The summed E-state index contributed by atoms with van der Waals surface area (Å²) in [6, 6.07) is 3.62. The van der Waals surface area contributed by atoms with Gasteiger partial charge in [-0.25, -0.2) is 4.79 Å². The van der Waals surface area contributed by atoms with Gasteiger partial charge in [0, 0.05) is 24.4 Å². The smallest absolute Gasteiger partial charge is 0.325 e. The van der Waals surface area contributed by atoms with E-state index in [2.05, 4.69) is 5.32 Å². The van der Waals surface area contributed by atoms with E-state index in [0.717, 1.165) is 17.7 Å². The molecule has 1 aliphatic carbocycles. The standard InChI is InChI=1S/C17H23N3O3S/c1-2-19(12-13-6-5-11-24-13)14(21)7-10-20-15(22)17(18-16(20)23)8-3-4-9-17/h5-6,11H,2-4,7-10,12H2,1H3,(H,18,23). The number of hydrogen-bond donors (Lipinski definition) is 1. The summed E-state index contributed by atoms with van der Waals surface area (Å²) in [5.74, 6) is -0.182. The molecule has 4 amide bonds. The summed E-state index contributed by atoms with van der Waals surface area (Å²) >= 11 is 1.62. The van der Waals surface area contributed by atoms with Crippen LogP contribution in [0.3, 0.4) is 0 Å². The van der Waals surface area contributed by atoms with Crippen molar-refractivity contribution in [2.24, 2.45) is 0 Å². The normalized spacial score (nSPS) is 19.1. The van der Waals surface area contributed by atoms with Gasteiger partial charge >= 0.3 is 6.03 Å². The molecule has 2 aliphatic rings. The second kappa shape index (κ2) is 6.93. The molecule has 1 aromatic rings. The van der Waals surface area contributed by atoms with Crippen molar-refractivity contribution in [1.29, 1.82) is 0 Å². The molecule has 2 heterocycles. The summed E-state index contributed by atoms with van der Waals surface area (Å²) in [5, 5.41) is 4.83. The van der Waals surface area contributed by atoms with Crippen LogP contribution < -0.4 is 5.32 Å². The lowest BCUT2D eigenvalue weighted by Crippen LogP contribution is -2.44. The Kier molecular flexibility index (Phi) is 4.89. The van der Waals surface area contributed by atoms with Crippen LogP contribution in [0.5, 0.6) is 0 Å². The van der Waals surface area contributed by atoms with E-state index in [1.165, 1.54) is 4.90 Å². The molecule has 0 radical (unpaired) electrons. The molecule has 1 aliphatic heterocycles. The molecule has 1 spiro atoms. The molecule has 2 fully saturated rings. The van der Waals surface area contributed by atoms with E-state index in [1.54, 1.807) is 16.2 Å². The minimum atomic E-state index is -0.693. The van der Waals surface area contributed by atoms with Crippen molar-refractivity contribution < 1.29 is 14.4 Å². The largest absolute Gasteiger partial charge is 0.338 e. The number of rotatable bonds is 6. The molecule has 1 N–H and O–H groups in total. The average Bonchev–Trinajstić information content (AvgIpc) is 3.28. The van der Waals surface area contributed by atoms with Crippen LogP contribution in [-0.4, -0.2) is 46.3 Å². The van der Waals surface area contributed by atoms with Crippen LogP contribution in [0, 0.1) is 0 Å². The van der Waals surface area contributed by atoms with Gasteiger partial charge in [-0.15, -0.1) is 11.3 Å². The predicted molar refractivity (Wildman–Crippen MR) is 91.5 cm³/mol. The quantitative estimate of drug-likeness (QED) is 0.802. The van der Waals surface area contributed by atoms with Crippen LogP contribution >= 0.6 is 11.3 Å². The van der Waals surface area contributed by atoms with Gasteiger partial charge in [-0.3, -0.25) is 14.5 Å². The van der Waals surface area contributed by atoms with E-state index < -0.39 is 5.54 Å². The third-order valence-electron chi connectivity index (χ3n) is 4.91. The maximum atomic E-state index is 12.6. The Hall–Kier alpha value is -1.89. The molecule has 1 saturated carbocycles. The van der Waals surface area contributed by atoms with Gasteiger partial charge in [0.2, 0.25) is 5.91 Å². The van der Waals surface area contributed by atoms with Crippen LogP contribution in [0.25, 0.3) is 0 Å². The average molecular weight is 349 g/mol. The Morgan fingerprint density at radius 2 is 2.12 bits per heavy atom. The van der Waals surface area contributed by atoms with Crippen molar-refractivity contribution in [1.82, 2.24) is 15.1 Å². The first-order valence-electron chi connectivity index (χ1n) is 8.50. The van der Waals surface area contributed by atoms with E-state index in [-0.39, 0.29) is 30.8 Å². The van der Waals surface area contributed by atoms with Crippen molar-refractivity contribution in [3.8, 4) is 0 Å². The van der Waals surface area contributed by atoms with Gasteiger partial charge in [-0.1, -0.05) is 18.9 Å². The maximum absolute atomic E-state index is 12.6. The number of imide groups is 1. The first kappa shape index (κ1) is 17.0. The third kappa shape index (κ3) is 3.17. The summed E-state index contributed by atoms with van der Waals surface area (Å²) in [6.07, 6.45) is 3.52. The van der Waals surface area contributed by atoms with E-state index in [0.29, 0.717) is 25.9 Å². The number of carbonyl (C=O) groups is 3. The van der Waals surface area contributed by atoms with Crippen molar-refractivity contribution in [2.75, 3.05) is 13.1 Å². The highest BCUT2D eigenvalue weighted by atomic mass is 32.1. The number of nitrogens with zero attached hydrogens (tertiary/aromatic N) is 2. The van der Waals surface area contributed by atoms with E-state index >= 15 is 0 Å². The van der Waals surface area contributed by atoms with Gasteiger partial charge in [0.15, 0.2) is 0 Å². The molecule has 130 valence electrons. The summed E-state index contributed by atoms with van der Waals surface area (Å²) < 4.78 is 0. The van der Waals surface area contributed by atoms with Crippen molar-refractivity contribution in [3.05, 3.63) is 22.4 Å². The highest BCUT2D eigenvalue weighted by Crippen LogP contribution is 2.35. The molecule has 6 nitrogen and oxygen atoms in total. The Labute approximate surface area is 145 Å². The van der Waals surface area contributed by atoms with Crippen LogP contribution in [0.4, 0.5) is 4.79 Å². The second-order valence-electron chi connectivity index (χ2n) is 6.41. The number of carbonyl (C=O) groups excluding carboxylic acids is 3. The maximum Gasteiger partial charge on any atom is 0.325 e. The molecule has 0 bridgehead atoms. The molecule has 0 unspecified atom stereocenters. The zero-order valence-corrected chi connectivity index (χ0v) is 14.7. The first-order valence-corrected chi connectivity index (χ1v) is 9.38. The summed E-state index contributed by atoms with van der Waals surface area (Å²) in [7, 11) is 0. The number of nitrogens with one attached hydrogen (secondary N) is 1. The molecule has 1 aromatic heterocycles. The lowest BCUT2D eigenvalue weighted by molar-refractivity contribution is -0.133. The van der Waals surface area contributed by atoms with Crippen molar-refractivity contribution in [2.45, 2.75) is 51.1 Å². The van der Waals surface area contributed by atoms with Gasteiger partial charge in [-0.05, 0) is 31.2 Å². The highest BCUT2D eigenvalue weighted by molar-refractivity contribution is 7.09. The Bertz CT molecular complexity index is 623. The molecular formula is C17H23N3O3S. The zero-order chi connectivity index (χ0) is 17.2. The van der Waals surface area contributed by atoms with Crippen molar-refractivity contribution >= 4 is 29.2 Å². The molecule has 1 saturated heterocycles. The fourth-order valence-electron chi connectivity index (χ4n) is 3.53. The van der Waals surface area contributed by atoms with Crippen LogP contribution in [0.2, 0.25) is 0 Å². The summed E-state index contributed by atoms with van der Waals surface area (Å²) in [4.78, 5) is 41.3. The fraction of sp³-hybridized carbons (Fsp3) is 0.588. The summed E-state index contributed by atoms with van der Waals surface area (Å²) in [5.41, 5.74) is -0.693. The van der Waals surface area contributed by atoms with E-state index in [4.69, 9.17) is 0 Å². The van der Waals surface area contributed by atoms with Crippen LogP contribution in [-0.2, 0) is 16.1 Å².